The van der Waals surface area contributed by atoms with E-state index in [9.17, 15) is 4.79 Å². The molecule has 2 fully saturated rings. The SMILES string of the molecule is O=C(COC[C@@H]1CCCO1)NCc1cccc(CN2CCCC2)c1. The molecule has 0 aliphatic carbocycles. The molecule has 1 N–H and O–H groups in total. The van der Waals surface area contributed by atoms with Crippen molar-refractivity contribution in [1.82, 2.24) is 10.2 Å². The highest BCUT2D eigenvalue weighted by atomic mass is 16.5. The third-order valence-corrected chi connectivity index (χ3v) is 4.65. The summed E-state index contributed by atoms with van der Waals surface area (Å²) in [6.45, 7) is 5.38. The Bertz CT molecular complexity index is 523. The van der Waals surface area contributed by atoms with Gasteiger partial charge >= 0.3 is 0 Å². The van der Waals surface area contributed by atoms with Gasteiger partial charge < -0.3 is 14.8 Å². The van der Waals surface area contributed by atoms with E-state index in [0.29, 0.717) is 13.2 Å². The van der Waals surface area contributed by atoms with Gasteiger partial charge in [0.05, 0.1) is 12.7 Å². The van der Waals surface area contributed by atoms with E-state index < -0.39 is 0 Å². The Morgan fingerprint density at radius 1 is 1.25 bits per heavy atom. The Labute approximate surface area is 144 Å². The second kappa shape index (κ2) is 9.16. The van der Waals surface area contributed by atoms with Crippen molar-refractivity contribution in [2.75, 3.05) is 32.9 Å². The fourth-order valence-electron chi connectivity index (χ4n) is 3.35. The number of nitrogens with one attached hydrogen (secondary N) is 1. The van der Waals surface area contributed by atoms with Gasteiger partial charge in [0.25, 0.3) is 0 Å². The standard InChI is InChI=1S/C19H28N2O3/c22-19(15-23-14-18-7-4-10-24-18)20-12-16-5-3-6-17(11-16)13-21-8-1-2-9-21/h3,5-6,11,18H,1-2,4,7-10,12-15H2,(H,20,22)/t18-/m0/s1. The topological polar surface area (TPSA) is 50.8 Å². The van der Waals surface area contributed by atoms with Crippen LogP contribution in [-0.2, 0) is 27.4 Å². The highest BCUT2D eigenvalue weighted by Gasteiger charge is 2.16. The molecule has 1 amide bonds. The Kier molecular flexibility index (Phi) is 6.64. The molecular formula is C19H28N2O3. The van der Waals surface area contributed by atoms with Crippen LogP contribution in [0.15, 0.2) is 24.3 Å². The number of nitrogens with zero attached hydrogens (tertiary/aromatic N) is 1. The van der Waals surface area contributed by atoms with Gasteiger partial charge in [-0.1, -0.05) is 24.3 Å². The van der Waals surface area contributed by atoms with Crippen LogP contribution in [0.3, 0.4) is 0 Å². The summed E-state index contributed by atoms with van der Waals surface area (Å²) in [4.78, 5) is 14.4. The molecule has 1 atom stereocenters. The number of carbonyl (C=O) groups excluding carboxylic acids is 1. The molecule has 0 spiro atoms. The Balaban J connectivity index is 1.36. The fraction of sp³-hybridized carbons (Fsp3) is 0.632. The number of hydrogen-bond acceptors (Lipinski definition) is 4. The maximum Gasteiger partial charge on any atom is 0.246 e. The molecule has 5 nitrogen and oxygen atoms in total. The van der Waals surface area contributed by atoms with Crippen molar-refractivity contribution < 1.29 is 14.3 Å². The third-order valence-electron chi connectivity index (χ3n) is 4.65. The molecule has 0 saturated carbocycles. The Morgan fingerprint density at radius 2 is 2.08 bits per heavy atom. The lowest BCUT2D eigenvalue weighted by molar-refractivity contribution is -0.127. The van der Waals surface area contributed by atoms with Gasteiger partial charge in [0.2, 0.25) is 5.91 Å². The minimum Gasteiger partial charge on any atom is -0.376 e. The highest BCUT2D eigenvalue weighted by Crippen LogP contribution is 2.14. The molecule has 2 heterocycles. The average molecular weight is 332 g/mol. The van der Waals surface area contributed by atoms with Crippen molar-refractivity contribution in [3.8, 4) is 0 Å². The largest absolute Gasteiger partial charge is 0.376 e. The zero-order chi connectivity index (χ0) is 16.6. The summed E-state index contributed by atoms with van der Waals surface area (Å²) in [5, 5.41) is 2.93. The number of carbonyl (C=O) groups is 1. The summed E-state index contributed by atoms with van der Waals surface area (Å²) >= 11 is 0. The first-order valence-corrected chi connectivity index (χ1v) is 9.06. The van der Waals surface area contributed by atoms with Gasteiger partial charge in [-0.3, -0.25) is 9.69 Å². The number of benzene rings is 1. The quantitative estimate of drug-likeness (QED) is 0.792. The van der Waals surface area contributed by atoms with E-state index in [1.54, 1.807) is 0 Å². The molecular weight excluding hydrogens is 304 g/mol. The minimum atomic E-state index is -0.0713. The minimum absolute atomic E-state index is 0.0713. The number of amides is 1. The lowest BCUT2D eigenvalue weighted by Gasteiger charge is -2.15. The van der Waals surface area contributed by atoms with Crippen LogP contribution in [0, 0.1) is 0 Å². The van der Waals surface area contributed by atoms with Crippen LogP contribution in [0.2, 0.25) is 0 Å². The van der Waals surface area contributed by atoms with E-state index in [1.165, 1.54) is 31.5 Å². The number of rotatable bonds is 8. The van der Waals surface area contributed by atoms with Crippen molar-refractivity contribution in [3.05, 3.63) is 35.4 Å². The Morgan fingerprint density at radius 3 is 2.88 bits per heavy atom. The predicted octanol–water partition coefficient (Wildman–Crippen LogP) is 2.09. The zero-order valence-electron chi connectivity index (χ0n) is 14.3. The maximum atomic E-state index is 11.9. The van der Waals surface area contributed by atoms with Gasteiger partial charge in [0, 0.05) is 19.7 Å². The number of hydrogen-bond donors (Lipinski definition) is 1. The van der Waals surface area contributed by atoms with Gasteiger partial charge in [-0.15, -0.1) is 0 Å². The smallest absolute Gasteiger partial charge is 0.246 e. The maximum absolute atomic E-state index is 11.9. The molecule has 5 heteroatoms. The van der Waals surface area contributed by atoms with Crippen molar-refractivity contribution in [1.29, 1.82) is 0 Å². The third kappa shape index (κ3) is 5.58. The molecule has 0 radical (unpaired) electrons. The monoisotopic (exact) mass is 332 g/mol. The molecule has 2 saturated heterocycles. The summed E-state index contributed by atoms with van der Waals surface area (Å²) in [6.07, 6.45) is 4.91. The van der Waals surface area contributed by atoms with Crippen LogP contribution in [0.25, 0.3) is 0 Å². The van der Waals surface area contributed by atoms with Gasteiger partial charge in [-0.05, 0) is 49.9 Å². The number of likely N-dealkylation sites (tertiary alicyclic amines) is 1. The molecule has 3 rings (SSSR count). The van der Waals surface area contributed by atoms with Crippen LogP contribution < -0.4 is 5.32 Å². The van der Waals surface area contributed by atoms with Crippen LogP contribution in [-0.4, -0.2) is 49.8 Å². The molecule has 0 aromatic heterocycles. The molecule has 24 heavy (non-hydrogen) atoms. The van der Waals surface area contributed by atoms with Crippen molar-refractivity contribution >= 4 is 5.91 Å². The summed E-state index contributed by atoms with van der Waals surface area (Å²) in [5.74, 6) is -0.0713. The van der Waals surface area contributed by atoms with Crippen molar-refractivity contribution in [2.45, 2.75) is 44.9 Å². The van der Waals surface area contributed by atoms with Gasteiger partial charge in [0.1, 0.15) is 6.61 Å². The molecule has 0 unspecified atom stereocenters. The Hall–Kier alpha value is -1.43. The molecule has 132 valence electrons. The fourth-order valence-corrected chi connectivity index (χ4v) is 3.35. The molecule has 0 bridgehead atoms. The van der Waals surface area contributed by atoms with Crippen LogP contribution >= 0.6 is 0 Å². The first-order valence-electron chi connectivity index (χ1n) is 9.06. The van der Waals surface area contributed by atoms with E-state index in [1.807, 2.05) is 0 Å². The van der Waals surface area contributed by atoms with Crippen LogP contribution in [0.4, 0.5) is 0 Å². The van der Waals surface area contributed by atoms with E-state index >= 15 is 0 Å². The van der Waals surface area contributed by atoms with Gasteiger partial charge in [-0.25, -0.2) is 0 Å². The van der Waals surface area contributed by atoms with Gasteiger partial charge in [0.15, 0.2) is 0 Å². The first-order chi connectivity index (χ1) is 11.8. The predicted molar refractivity (Wildman–Crippen MR) is 92.6 cm³/mol. The zero-order valence-corrected chi connectivity index (χ0v) is 14.3. The molecule has 1 aromatic rings. The normalized spacial score (nSPS) is 21.2. The van der Waals surface area contributed by atoms with E-state index in [0.717, 1.165) is 31.6 Å². The average Bonchev–Trinajstić information content (AvgIpc) is 3.27. The summed E-state index contributed by atoms with van der Waals surface area (Å²) < 4.78 is 10.9. The van der Waals surface area contributed by atoms with Crippen LogP contribution in [0.5, 0.6) is 0 Å². The van der Waals surface area contributed by atoms with Crippen molar-refractivity contribution in [3.63, 3.8) is 0 Å². The van der Waals surface area contributed by atoms with Crippen molar-refractivity contribution in [2.24, 2.45) is 0 Å². The summed E-state index contributed by atoms with van der Waals surface area (Å²) in [7, 11) is 0. The van der Waals surface area contributed by atoms with Crippen LogP contribution in [0.1, 0.15) is 36.8 Å². The molecule has 2 aliphatic heterocycles. The van der Waals surface area contributed by atoms with E-state index in [4.69, 9.17) is 9.47 Å². The molecule has 1 aromatic carbocycles. The second-order valence-electron chi connectivity index (χ2n) is 6.73. The lowest BCUT2D eigenvalue weighted by atomic mass is 10.1. The summed E-state index contributed by atoms with van der Waals surface area (Å²) in [6, 6.07) is 8.47. The molecule has 2 aliphatic rings. The lowest BCUT2D eigenvalue weighted by Crippen LogP contribution is -2.28. The number of ether oxygens (including phenoxy) is 2. The first kappa shape index (κ1) is 17.4. The summed E-state index contributed by atoms with van der Waals surface area (Å²) in [5.41, 5.74) is 2.46. The van der Waals surface area contributed by atoms with E-state index in [-0.39, 0.29) is 18.6 Å². The highest BCUT2D eigenvalue weighted by molar-refractivity contribution is 5.77. The second-order valence-corrected chi connectivity index (χ2v) is 6.73. The van der Waals surface area contributed by atoms with E-state index in [2.05, 4.69) is 34.5 Å². The van der Waals surface area contributed by atoms with Gasteiger partial charge in [-0.2, -0.15) is 0 Å².